The van der Waals surface area contributed by atoms with E-state index in [4.69, 9.17) is 4.74 Å². The third kappa shape index (κ3) is 3.69. The van der Waals surface area contributed by atoms with Crippen molar-refractivity contribution in [1.29, 1.82) is 0 Å². The van der Waals surface area contributed by atoms with Gasteiger partial charge in [0, 0.05) is 11.8 Å². The molecule has 0 radical (unpaired) electrons. The molecule has 0 saturated carbocycles. The van der Waals surface area contributed by atoms with Gasteiger partial charge in [0.25, 0.3) is 11.5 Å². The van der Waals surface area contributed by atoms with Gasteiger partial charge < -0.3 is 15.0 Å². The van der Waals surface area contributed by atoms with Crippen LogP contribution in [0.15, 0.2) is 83.8 Å². The number of ether oxygens (including phenoxy) is 1. The summed E-state index contributed by atoms with van der Waals surface area (Å²) in [5.41, 5.74) is 2.22. The van der Waals surface area contributed by atoms with Crippen LogP contribution < -0.4 is 15.6 Å². The maximum Gasteiger partial charge on any atom is 0.261 e. The minimum absolute atomic E-state index is 0.241. The van der Waals surface area contributed by atoms with Crippen LogP contribution in [0.3, 0.4) is 0 Å². The number of nitrogens with one attached hydrogen (secondary N) is 2. The number of benzene rings is 3. The van der Waals surface area contributed by atoms with Gasteiger partial charge in [-0.15, -0.1) is 0 Å². The number of aromatic amines is 1. The zero-order valence-corrected chi connectivity index (χ0v) is 16.7. The normalized spacial score (nSPS) is 11.0. The van der Waals surface area contributed by atoms with E-state index in [1.165, 1.54) is 22.8 Å². The monoisotopic (exact) mass is 428 g/mol. The quantitative estimate of drug-likeness (QED) is 0.440. The second-order valence-corrected chi connectivity index (χ2v) is 7.19. The fourth-order valence-corrected chi connectivity index (χ4v) is 3.45. The van der Waals surface area contributed by atoms with Crippen molar-refractivity contribution in [3.63, 3.8) is 0 Å². The maximum absolute atomic E-state index is 13.0. The van der Waals surface area contributed by atoms with Crippen LogP contribution in [0.25, 0.3) is 16.6 Å². The molecule has 0 fully saturated rings. The second-order valence-electron chi connectivity index (χ2n) is 7.19. The molecular formula is C24H17FN4O3. The predicted octanol–water partition coefficient (Wildman–Crippen LogP) is 4.15. The number of hydrogen-bond donors (Lipinski definition) is 2. The number of hydrogen-bond acceptors (Lipinski definition) is 4. The molecule has 7 nitrogen and oxygen atoms in total. The average molecular weight is 428 g/mol. The summed E-state index contributed by atoms with van der Waals surface area (Å²) in [5, 5.41) is 7.56. The van der Waals surface area contributed by atoms with E-state index in [1.807, 2.05) is 0 Å². The number of amides is 1. The summed E-state index contributed by atoms with van der Waals surface area (Å²) in [6.07, 6.45) is 1.42. The lowest BCUT2D eigenvalue weighted by Gasteiger charge is -2.09. The van der Waals surface area contributed by atoms with Crippen LogP contribution in [0, 0.1) is 5.82 Å². The van der Waals surface area contributed by atoms with Crippen molar-refractivity contribution in [2.24, 2.45) is 0 Å². The van der Waals surface area contributed by atoms with Crippen molar-refractivity contribution in [2.45, 2.75) is 6.61 Å². The van der Waals surface area contributed by atoms with Crippen molar-refractivity contribution < 1.29 is 13.9 Å². The summed E-state index contributed by atoms with van der Waals surface area (Å²) in [6.45, 7) is 0.264. The van der Waals surface area contributed by atoms with Crippen LogP contribution in [-0.4, -0.2) is 20.5 Å². The van der Waals surface area contributed by atoms with Gasteiger partial charge in [0.05, 0.1) is 17.1 Å². The molecule has 0 bridgehead atoms. The van der Waals surface area contributed by atoms with E-state index in [1.54, 1.807) is 60.7 Å². The summed E-state index contributed by atoms with van der Waals surface area (Å²) < 4.78 is 20.3. The largest absolute Gasteiger partial charge is 0.489 e. The van der Waals surface area contributed by atoms with Gasteiger partial charge in [-0.2, -0.15) is 5.10 Å². The molecule has 0 spiro atoms. The van der Waals surface area contributed by atoms with Gasteiger partial charge in [0.15, 0.2) is 0 Å². The predicted molar refractivity (Wildman–Crippen MR) is 118 cm³/mol. The Kier molecular flexibility index (Phi) is 4.87. The van der Waals surface area contributed by atoms with Crippen molar-refractivity contribution in [1.82, 2.24) is 14.6 Å². The van der Waals surface area contributed by atoms with E-state index in [9.17, 15) is 14.0 Å². The molecule has 8 heteroatoms. The molecule has 5 aromatic rings. The van der Waals surface area contributed by atoms with E-state index >= 15 is 0 Å². The Labute approximate surface area is 181 Å². The molecule has 158 valence electrons. The maximum atomic E-state index is 13.0. The molecule has 5 rings (SSSR count). The summed E-state index contributed by atoms with van der Waals surface area (Å²) in [6, 6.07) is 20.0. The molecule has 1 amide bonds. The molecular weight excluding hydrogens is 411 g/mol. The number of carbonyl (C=O) groups excluding carboxylic acids is 1. The first-order chi connectivity index (χ1) is 15.6. The summed E-state index contributed by atoms with van der Waals surface area (Å²) in [5.74, 6) is -0.173. The van der Waals surface area contributed by atoms with Gasteiger partial charge >= 0.3 is 0 Å². The standard InChI is InChI=1S/C24H17FN4O3/c25-16-10-8-15(9-11-16)14-32-18-5-3-4-17(12-18)27-24(31)20-13-26-29-21-7-2-1-6-19(21)23(30)28-22(20)29/h1-13H,14H2,(H,27,31)(H,28,30). The molecule has 0 unspecified atom stereocenters. The highest BCUT2D eigenvalue weighted by atomic mass is 19.1. The van der Waals surface area contributed by atoms with Crippen molar-refractivity contribution in [3.8, 4) is 5.75 Å². The number of aromatic nitrogens is 3. The molecule has 2 heterocycles. The van der Waals surface area contributed by atoms with Gasteiger partial charge in [0.1, 0.15) is 29.4 Å². The summed E-state index contributed by atoms with van der Waals surface area (Å²) in [7, 11) is 0. The molecule has 0 aliphatic rings. The van der Waals surface area contributed by atoms with E-state index in [0.717, 1.165) is 5.56 Å². The highest BCUT2D eigenvalue weighted by Gasteiger charge is 2.16. The number of carbonyl (C=O) groups is 1. The van der Waals surface area contributed by atoms with Crippen LogP contribution in [0.5, 0.6) is 5.75 Å². The molecule has 2 aromatic heterocycles. The van der Waals surface area contributed by atoms with Gasteiger partial charge in [0.2, 0.25) is 0 Å². The molecule has 0 aliphatic carbocycles. The Morgan fingerprint density at radius 2 is 1.88 bits per heavy atom. The van der Waals surface area contributed by atoms with Gasteiger partial charge in [-0.1, -0.05) is 30.3 Å². The lowest BCUT2D eigenvalue weighted by atomic mass is 10.2. The van der Waals surface area contributed by atoms with Crippen molar-refractivity contribution >= 4 is 28.1 Å². The molecule has 2 N–H and O–H groups in total. The van der Waals surface area contributed by atoms with E-state index in [0.29, 0.717) is 28.0 Å². The summed E-state index contributed by atoms with van der Waals surface area (Å²) in [4.78, 5) is 28.0. The Balaban J connectivity index is 1.37. The number of H-pyrrole nitrogens is 1. The fourth-order valence-electron chi connectivity index (χ4n) is 3.45. The highest BCUT2D eigenvalue weighted by molar-refractivity contribution is 6.08. The minimum Gasteiger partial charge on any atom is -0.489 e. The Hall–Kier alpha value is -4.46. The highest BCUT2D eigenvalue weighted by Crippen LogP contribution is 2.21. The topological polar surface area (TPSA) is 88.5 Å². The molecule has 0 aliphatic heterocycles. The third-order valence-electron chi connectivity index (χ3n) is 5.03. The van der Waals surface area contributed by atoms with Crippen LogP contribution in [0.2, 0.25) is 0 Å². The third-order valence-corrected chi connectivity index (χ3v) is 5.03. The van der Waals surface area contributed by atoms with Gasteiger partial charge in [-0.05, 0) is 42.0 Å². The van der Waals surface area contributed by atoms with Crippen molar-refractivity contribution in [3.05, 3.63) is 106 Å². The first-order valence-corrected chi connectivity index (χ1v) is 9.86. The van der Waals surface area contributed by atoms with Gasteiger partial charge in [-0.25, -0.2) is 8.91 Å². The Bertz CT molecular complexity index is 1510. The average Bonchev–Trinajstić information content (AvgIpc) is 3.23. The number of para-hydroxylation sites is 1. The van der Waals surface area contributed by atoms with Crippen LogP contribution >= 0.6 is 0 Å². The second kappa shape index (κ2) is 7.99. The van der Waals surface area contributed by atoms with E-state index in [2.05, 4.69) is 15.4 Å². The zero-order valence-electron chi connectivity index (χ0n) is 16.7. The van der Waals surface area contributed by atoms with Crippen LogP contribution in [-0.2, 0) is 6.61 Å². The van der Waals surface area contributed by atoms with Crippen molar-refractivity contribution in [2.75, 3.05) is 5.32 Å². The number of halogens is 1. The lowest BCUT2D eigenvalue weighted by Crippen LogP contribution is -2.15. The number of rotatable bonds is 5. The first-order valence-electron chi connectivity index (χ1n) is 9.86. The smallest absolute Gasteiger partial charge is 0.261 e. The molecule has 0 saturated heterocycles. The number of nitrogens with zero attached hydrogens (tertiary/aromatic N) is 2. The summed E-state index contributed by atoms with van der Waals surface area (Å²) >= 11 is 0. The number of fused-ring (bicyclic) bond motifs is 3. The number of anilines is 1. The van der Waals surface area contributed by atoms with Gasteiger partial charge in [-0.3, -0.25) is 9.59 Å². The fraction of sp³-hybridized carbons (Fsp3) is 0.0417. The van der Waals surface area contributed by atoms with Crippen LogP contribution in [0.4, 0.5) is 10.1 Å². The molecule has 32 heavy (non-hydrogen) atoms. The SMILES string of the molecule is O=C(Nc1cccc(OCc2ccc(F)cc2)c1)c1cnn2c1[nH]c(=O)c1ccccc12. The minimum atomic E-state index is -0.415. The zero-order chi connectivity index (χ0) is 22.1. The molecule has 0 atom stereocenters. The van der Waals surface area contributed by atoms with Crippen LogP contribution in [0.1, 0.15) is 15.9 Å². The van der Waals surface area contributed by atoms with E-state index < -0.39 is 5.91 Å². The lowest BCUT2D eigenvalue weighted by molar-refractivity contribution is 0.102. The Morgan fingerprint density at radius 1 is 1.06 bits per heavy atom. The first kappa shape index (κ1) is 19.5. The van der Waals surface area contributed by atoms with E-state index in [-0.39, 0.29) is 23.5 Å². The Morgan fingerprint density at radius 3 is 2.72 bits per heavy atom. The molecule has 3 aromatic carbocycles.